The third-order valence-electron chi connectivity index (χ3n) is 3.55. The van der Waals surface area contributed by atoms with Crippen LogP contribution in [0.3, 0.4) is 0 Å². The summed E-state index contributed by atoms with van der Waals surface area (Å²) in [7, 11) is 0. The summed E-state index contributed by atoms with van der Waals surface area (Å²) >= 11 is 5.82. The smallest absolute Gasteiger partial charge is 0.338 e. The zero-order valence-corrected chi connectivity index (χ0v) is 15.4. The fraction of sp³-hybridized carbons (Fsp3) is 0.300. The number of rotatable bonds is 9. The van der Waals surface area contributed by atoms with Gasteiger partial charge in [-0.15, -0.1) is 0 Å². The molecule has 0 aliphatic carbocycles. The van der Waals surface area contributed by atoms with Gasteiger partial charge in [-0.05, 0) is 54.8 Å². The Labute approximate surface area is 158 Å². The number of carbonyl (C=O) groups is 2. The molecule has 0 saturated carbocycles. The molecule has 0 heterocycles. The number of benzene rings is 2. The van der Waals surface area contributed by atoms with Gasteiger partial charge in [-0.2, -0.15) is 0 Å². The Kier molecular flexibility index (Phi) is 7.96. The van der Waals surface area contributed by atoms with Crippen LogP contribution >= 0.6 is 11.6 Å². The van der Waals surface area contributed by atoms with Gasteiger partial charge in [-0.1, -0.05) is 30.7 Å². The van der Waals surface area contributed by atoms with Crippen LogP contribution in [-0.4, -0.2) is 31.6 Å². The van der Waals surface area contributed by atoms with Crippen LogP contribution in [0, 0.1) is 0 Å². The third kappa shape index (κ3) is 6.76. The van der Waals surface area contributed by atoms with Gasteiger partial charge < -0.3 is 14.8 Å². The highest BCUT2D eigenvalue weighted by Gasteiger charge is 2.10. The quantitative estimate of drug-likeness (QED) is 0.679. The lowest BCUT2D eigenvalue weighted by atomic mass is 10.1. The Morgan fingerprint density at radius 3 is 2.38 bits per heavy atom. The van der Waals surface area contributed by atoms with E-state index in [1.165, 1.54) is 0 Å². The summed E-state index contributed by atoms with van der Waals surface area (Å²) in [6, 6.07) is 14.1. The summed E-state index contributed by atoms with van der Waals surface area (Å²) in [4.78, 5) is 23.7. The number of esters is 1. The molecule has 2 rings (SSSR count). The van der Waals surface area contributed by atoms with E-state index in [0.717, 1.165) is 12.0 Å². The van der Waals surface area contributed by atoms with Crippen LogP contribution in [0.4, 0.5) is 0 Å². The average molecular weight is 376 g/mol. The Balaban J connectivity index is 1.69. The maximum atomic E-state index is 11.9. The molecular formula is C20H22ClNO4. The minimum absolute atomic E-state index is 0.312. The molecule has 2 aromatic rings. The molecule has 138 valence electrons. The zero-order valence-electron chi connectivity index (χ0n) is 14.7. The first kappa shape index (κ1) is 19.8. The summed E-state index contributed by atoms with van der Waals surface area (Å²) in [6.45, 7) is 2.79. The lowest BCUT2D eigenvalue weighted by molar-refractivity contribution is -0.124. The molecule has 0 aromatic heterocycles. The number of halogens is 1. The second-order valence-electron chi connectivity index (χ2n) is 5.68. The summed E-state index contributed by atoms with van der Waals surface area (Å²) in [5, 5.41) is 3.39. The molecule has 0 fully saturated rings. The maximum Gasteiger partial charge on any atom is 0.338 e. The van der Waals surface area contributed by atoms with Crippen LogP contribution in [0.5, 0.6) is 5.75 Å². The first-order valence-electron chi connectivity index (χ1n) is 8.49. The van der Waals surface area contributed by atoms with Crippen molar-refractivity contribution in [3.63, 3.8) is 0 Å². The maximum absolute atomic E-state index is 11.9. The van der Waals surface area contributed by atoms with Crippen molar-refractivity contribution in [3.8, 4) is 5.75 Å². The van der Waals surface area contributed by atoms with E-state index in [0.29, 0.717) is 35.9 Å². The summed E-state index contributed by atoms with van der Waals surface area (Å²) < 4.78 is 10.5. The van der Waals surface area contributed by atoms with Crippen molar-refractivity contribution in [1.82, 2.24) is 5.32 Å². The van der Waals surface area contributed by atoms with Gasteiger partial charge in [-0.25, -0.2) is 4.79 Å². The van der Waals surface area contributed by atoms with Gasteiger partial charge in [-0.3, -0.25) is 4.79 Å². The zero-order chi connectivity index (χ0) is 18.8. The predicted molar refractivity (Wildman–Crippen MR) is 101 cm³/mol. The number of amides is 1. The van der Waals surface area contributed by atoms with Gasteiger partial charge in [0.1, 0.15) is 5.75 Å². The first-order valence-corrected chi connectivity index (χ1v) is 8.87. The number of hydrogen-bond acceptors (Lipinski definition) is 4. The van der Waals surface area contributed by atoms with Crippen molar-refractivity contribution in [3.05, 3.63) is 64.7 Å². The standard InChI is InChI=1S/C20H22ClNO4/c1-2-13-25-18-9-5-16(6-10-18)20(24)26-14-19(23)22-12-11-15-3-7-17(21)8-4-15/h3-10H,2,11-14H2,1H3,(H,22,23). The SMILES string of the molecule is CCCOc1ccc(C(=O)OCC(=O)NCCc2ccc(Cl)cc2)cc1. The molecule has 0 spiro atoms. The summed E-state index contributed by atoms with van der Waals surface area (Å²) in [6.07, 6.45) is 1.59. The molecule has 2 aromatic carbocycles. The largest absolute Gasteiger partial charge is 0.494 e. The fourth-order valence-corrected chi connectivity index (χ4v) is 2.30. The normalized spacial score (nSPS) is 10.2. The minimum atomic E-state index is -0.542. The van der Waals surface area contributed by atoms with Crippen LogP contribution in [0.2, 0.25) is 5.02 Å². The van der Waals surface area contributed by atoms with Crippen molar-refractivity contribution in [2.45, 2.75) is 19.8 Å². The van der Waals surface area contributed by atoms with E-state index in [9.17, 15) is 9.59 Å². The highest BCUT2D eigenvalue weighted by atomic mass is 35.5. The molecule has 0 bridgehead atoms. The Hall–Kier alpha value is -2.53. The second-order valence-corrected chi connectivity index (χ2v) is 6.11. The number of carbonyl (C=O) groups excluding carboxylic acids is 2. The monoisotopic (exact) mass is 375 g/mol. The minimum Gasteiger partial charge on any atom is -0.494 e. The van der Waals surface area contributed by atoms with E-state index >= 15 is 0 Å². The molecule has 1 N–H and O–H groups in total. The molecular weight excluding hydrogens is 354 g/mol. The molecule has 0 atom stereocenters. The first-order chi connectivity index (χ1) is 12.6. The predicted octanol–water partition coefficient (Wildman–Crippen LogP) is 3.64. The van der Waals surface area contributed by atoms with Crippen LogP contribution < -0.4 is 10.1 Å². The van der Waals surface area contributed by atoms with Gasteiger partial charge >= 0.3 is 5.97 Å². The Morgan fingerprint density at radius 1 is 1.04 bits per heavy atom. The number of ether oxygens (including phenoxy) is 2. The molecule has 6 heteroatoms. The van der Waals surface area contributed by atoms with Crippen molar-refractivity contribution in [2.75, 3.05) is 19.8 Å². The highest BCUT2D eigenvalue weighted by molar-refractivity contribution is 6.30. The molecule has 26 heavy (non-hydrogen) atoms. The van der Waals surface area contributed by atoms with E-state index in [1.807, 2.05) is 19.1 Å². The fourth-order valence-electron chi connectivity index (χ4n) is 2.17. The number of nitrogens with one attached hydrogen (secondary N) is 1. The molecule has 0 unspecified atom stereocenters. The van der Waals surface area contributed by atoms with E-state index in [-0.39, 0.29) is 12.5 Å². The van der Waals surface area contributed by atoms with Crippen LogP contribution in [0.15, 0.2) is 48.5 Å². The third-order valence-corrected chi connectivity index (χ3v) is 3.80. The molecule has 5 nitrogen and oxygen atoms in total. The molecule has 0 saturated heterocycles. The lowest BCUT2D eigenvalue weighted by Gasteiger charge is -2.08. The molecule has 0 aliphatic rings. The molecule has 1 amide bonds. The Bertz CT molecular complexity index is 714. The van der Waals surface area contributed by atoms with Crippen molar-refractivity contribution >= 4 is 23.5 Å². The number of hydrogen-bond donors (Lipinski definition) is 1. The topological polar surface area (TPSA) is 64.6 Å². The van der Waals surface area contributed by atoms with E-state index in [2.05, 4.69) is 5.32 Å². The second kappa shape index (κ2) is 10.5. The lowest BCUT2D eigenvalue weighted by Crippen LogP contribution is -2.30. The van der Waals surface area contributed by atoms with Crippen molar-refractivity contribution in [1.29, 1.82) is 0 Å². The van der Waals surface area contributed by atoms with Crippen LogP contribution in [-0.2, 0) is 16.0 Å². The van der Waals surface area contributed by atoms with Gasteiger partial charge in [0.2, 0.25) is 0 Å². The van der Waals surface area contributed by atoms with E-state index in [4.69, 9.17) is 21.1 Å². The van der Waals surface area contributed by atoms with Crippen molar-refractivity contribution in [2.24, 2.45) is 0 Å². The average Bonchev–Trinajstić information content (AvgIpc) is 2.66. The van der Waals surface area contributed by atoms with Gasteiger partial charge in [0.25, 0.3) is 5.91 Å². The van der Waals surface area contributed by atoms with Gasteiger partial charge in [0.05, 0.1) is 12.2 Å². The van der Waals surface area contributed by atoms with Crippen LogP contribution in [0.25, 0.3) is 0 Å². The van der Waals surface area contributed by atoms with Gasteiger partial charge in [0, 0.05) is 11.6 Å². The van der Waals surface area contributed by atoms with Gasteiger partial charge in [0.15, 0.2) is 6.61 Å². The summed E-state index contributed by atoms with van der Waals surface area (Å²) in [5.41, 5.74) is 1.44. The van der Waals surface area contributed by atoms with Crippen molar-refractivity contribution < 1.29 is 19.1 Å². The van der Waals surface area contributed by atoms with Crippen LogP contribution in [0.1, 0.15) is 29.3 Å². The van der Waals surface area contributed by atoms with E-state index < -0.39 is 5.97 Å². The Morgan fingerprint density at radius 2 is 1.73 bits per heavy atom. The molecule has 0 radical (unpaired) electrons. The van der Waals surface area contributed by atoms with E-state index in [1.54, 1.807) is 36.4 Å². The highest BCUT2D eigenvalue weighted by Crippen LogP contribution is 2.13. The summed E-state index contributed by atoms with van der Waals surface area (Å²) in [5.74, 6) is -0.182. The molecule has 0 aliphatic heterocycles.